The third kappa shape index (κ3) is 4.57. The molecule has 3 nitrogen and oxygen atoms in total. The fraction of sp³-hybridized carbons (Fsp3) is 0.500. The molecule has 0 bridgehead atoms. The zero-order chi connectivity index (χ0) is 12.8. The van der Waals surface area contributed by atoms with E-state index in [1.54, 1.807) is 6.92 Å². The van der Waals surface area contributed by atoms with Crippen LogP contribution in [0.15, 0.2) is 24.3 Å². The summed E-state index contributed by atoms with van der Waals surface area (Å²) in [7, 11) is 0. The van der Waals surface area contributed by atoms with Gasteiger partial charge in [0.15, 0.2) is 0 Å². The van der Waals surface area contributed by atoms with Crippen LogP contribution in [-0.4, -0.2) is 23.7 Å². The van der Waals surface area contributed by atoms with Crippen molar-refractivity contribution in [2.75, 3.05) is 6.54 Å². The van der Waals surface area contributed by atoms with Crippen LogP contribution in [0.5, 0.6) is 0 Å². The number of carbonyl (C=O) groups is 1. The van der Waals surface area contributed by atoms with Gasteiger partial charge < -0.3 is 10.4 Å². The van der Waals surface area contributed by atoms with E-state index in [1.807, 2.05) is 13.0 Å². The molecule has 0 fully saturated rings. The molecular weight excluding hydrogens is 214 g/mol. The summed E-state index contributed by atoms with van der Waals surface area (Å²) in [5, 5.41) is 12.1. The van der Waals surface area contributed by atoms with E-state index < -0.39 is 5.97 Å². The van der Waals surface area contributed by atoms with Gasteiger partial charge in [0.2, 0.25) is 0 Å². The van der Waals surface area contributed by atoms with Gasteiger partial charge in [-0.15, -0.1) is 0 Å². The van der Waals surface area contributed by atoms with E-state index in [2.05, 4.69) is 30.4 Å². The molecule has 3 heteroatoms. The quantitative estimate of drug-likeness (QED) is 0.795. The lowest BCUT2D eigenvalue weighted by Gasteiger charge is -2.17. The Hall–Kier alpha value is -1.35. The van der Waals surface area contributed by atoms with Crippen molar-refractivity contribution in [2.24, 2.45) is 5.92 Å². The van der Waals surface area contributed by atoms with Crippen molar-refractivity contribution in [1.82, 2.24) is 5.32 Å². The number of aliphatic carboxylic acids is 1. The number of carboxylic acid groups (broad SMARTS) is 1. The first-order chi connectivity index (χ1) is 8.00. The van der Waals surface area contributed by atoms with Gasteiger partial charge >= 0.3 is 5.97 Å². The molecule has 1 aromatic carbocycles. The molecule has 94 valence electrons. The van der Waals surface area contributed by atoms with Crippen LogP contribution in [0.4, 0.5) is 0 Å². The highest BCUT2D eigenvalue weighted by Gasteiger charge is 2.18. The summed E-state index contributed by atoms with van der Waals surface area (Å²) in [6.07, 6.45) is 0.929. The lowest BCUT2D eigenvalue weighted by atomic mass is 10.0. The summed E-state index contributed by atoms with van der Waals surface area (Å²) in [6, 6.07) is 8.38. The molecule has 2 unspecified atom stereocenters. The molecule has 2 atom stereocenters. The molecule has 0 aliphatic heterocycles. The SMILES string of the molecule is Cc1cccc(CCNC(C)C(C)C(=O)O)c1. The molecule has 0 heterocycles. The van der Waals surface area contributed by atoms with Crippen molar-refractivity contribution in [2.45, 2.75) is 33.2 Å². The first kappa shape index (κ1) is 13.7. The number of carboxylic acids is 1. The standard InChI is InChI=1S/C14H21NO2/c1-10-5-4-6-13(9-10)7-8-15-12(3)11(2)14(16)17/h4-6,9,11-12,15H,7-8H2,1-3H3,(H,16,17). The largest absolute Gasteiger partial charge is 0.481 e. The molecule has 2 N–H and O–H groups in total. The predicted molar refractivity (Wildman–Crippen MR) is 69.1 cm³/mol. The van der Waals surface area contributed by atoms with Crippen molar-refractivity contribution in [3.05, 3.63) is 35.4 Å². The molecule has 0 radical (unpaired) electrons. The predicted octanol–water partition coefficient (Wildman–Crippen LogP) is 2.24. The topological polar surface area (TPSA) is 49.3 Å². The normalized spacial score (nSPS) is 14.3. The highest BCUT2D eigenvalue weighted by molar-refractivity contribution is 5.70. The number of aryl methyl sites for hydroxylation is 1. The fourth-order valence-electron chi connectivity index (χ4n) is 1.70. The zero-order valence-electron chi connectivity index (χ0n) is 10.7. The van der Waals surface area contributed by atoms with Crippen LogP contribution in [-0.2, 0) is 11.2 Å². The van der Waals surface area contributed by atoms with Crippen molar-refractivity contribution in [1.29, 1.82) is 0 Å². The first-order valence-electron chi connectivity index (χ1n) is 6.02. The van der Waals surface area contributed by atoms with Crippen LogP contribution in [0.1, 0.15) is 25.0 Å². The molecule has 1 rings (SSSR count). The molecular formula is C14H21NO2. The lowest BCUT2D eigenvalue weighted by molar-refractivity contribution is -0.141. The molecule has 0 spiro atoms. The Balaban J connectivity index is 2.35. The average molecular weight is 235 g/mol. The summed E-state index contributed by atoms with van der Waals surface area (Å²) >= 11 is 0. The second kappa shape index (κ2) is 6.40. The van der Waals surface area contributed by atoms with Crippen LogP contribution in [0.25, 0.3) is 0 Å². The van der Waals surface area contributed by atoms with E-state index in [1.165, 1.54) is 11.1 Å². The van der Waals surface area contributed by atoms with Gasteiger partial charge in [-0.1, -0.05) is 36.8 Å². The monoisotopic (exact) mass is 235 g/mol. The summed E-state index contributed by atoms with van der Waals surface area (Å²) in [6.45, 7) is 6.52. The van der Waals surface area contributed by atoms with Gasteiger partial charge in [0.25, 0.3) is 0 Å². The van der Waals surface area contributed by atoms with Gasteiger partial charge in [-0.2, -0.15) is 0 Å². The number of hydrogen-bond acceptors (Lipinski definition) is 2. The van der Waals surface area contributed by atoms with Crippen molar-refractivity contribution < 1.29 is 9.90 Å². The number of hydrogen-bond donors (Lipinski definition) is 2. The van der Waals surface area contributed by atoms with Crippen LogP contribution in [0.2, 0.25) is 0 Å². The van der Waals surface area contributed by atoms with Crippen LogP contribution >= 0.6 is 0 Å². The second-order valence-electron chi connectivity index (χ2n) is 4.61. The van der Waals surface area contributed by atoms with Crippen LogP contribution < -0.4 is 5.32 Å². The Morgan fingerprint density at radius 2 is 2.12 bits per heavy atom. The van der Waals surface area contributed by atoms with E-state index in [9.17, 15) is 4.79 Å². The van der Waals surface area contributed by atoms with Gasteiger partial charge in [0.1, 0.15) is 0 Å². The highest BCUT2D eigenvalue weighted by atomic mass is 16.4. The van der Waals surface area contributed by atoms with Gasteiger partial charge in [-0.3, -0.25) is 4.79 Å². The van der Waals surface area contributed by atoms with E-state index in [-0.39, 0.29) is 12.0 Å². The van der Waals surface area contributed by atoms with E-state index >= 15 is 0 Å². The van der Waals surface area contributed by atoms with Crippen molar-refractivity contribution >= 4 is 5.97 Å². The molecule has 0 saturated heterocycles. The summed E-state index contributed by atoms with van der Waals surface area (Å²) < 4.78 is 0. The molecule has 17 heavy (non-hydrogen) atoms. The van der Waals surface area contributed by atoms with E-state index in [0.717, 1.165) is 13.0 Å². The van der Waals surface area contributed by atoms with E-state index in [4.69, 9.17) is 5.11 Å². The summed E-state index contributed by atoms with van der Waals surface area (Å²) in [5.41, 5.74) is 2.54. The average Bonchev–Trinajstić information content (AvgIpc) is 2.27. The zero-order valence-corrected chi connectivity index (χ0v) is 10.7. The Bertz CT molecular complexity index is 376. The lowest BCUT2D eigenvalue weighted by Crippen LogP contribution is -2.37. The Morgan fingerprint density at radius 1 is 1.41 bits per heavy atom. The van der Waals surface area contributed by atoms with Gasteiger partial charge in [-0.25, -0.2) is 0 Å². The number of nitrogens with one attached hydrogen (secondary N) is 1. The Kier molecular flexibility index (Phi) is 5.16. The first-order valence-corrected chi connectivity index (χ1v) is 6.02. The maximum atomic E-state index is 10.8. The van der Waals surface area contributed by atoms with Crippen molar-refractivity contribution in [3.8, 4) is 0 Å². The van der Waals surface area contributed by atoms with Crippen LogP contribution in [0, 0.1) is 12.8 Å². The van der Waals surface area contributed by atoms with E-state index in [0.29, 0.717) is 0 Å². The molecule has 0 aliphatic rings. The number of benzene rings is 1. The summed E-state index contributed by atoms with van der Waals surface area (Å²) in [4.78, 5) is 10.8. The summed E-state index contributed by atoms with van der Waals surface area (Å²) in [5.74, 6) is -1.10. The molecule has 0 amide bonds. The Morgan fingerprint density at radius 3 is 2.71 bits per heavy atom. The minimum Gasteiger partial charge on any atom is -0.481 e. The Labute approximate surface area is 103 Å². The third-order valence-electron chi connectivity index (χ3n) is 3.10. The fourth-order valence-corrected chi connectivity index (χ4v) is 1.70. The molecule has 0 aromatic heterocycles. The minimum absolute atomic E-state index is 0.00249. The third-order valence-corrected chi connectivity index (χ3v) is 3.10. The number of rotatable bonds is 6. The van der Waals surface area contributed by atoms with Gasteiger partial charge in [0.05, 0.1) is 5.92 Å². The molecule has 0 saturated carbocycles. The second-order valence-corrected chi connectivity index (χ2v) is 4.61. The minimum atomic E-state index is -0.749. The maximum absolute atomic E-state index is 10.8. The molecule has 1 aromatic rings. The van der Waals surface area contributed by atoms with Gasteiger partial charge in [0, 0.05) is 6.04 Å². The van der Waals surface area contributed by atoms with Crippen LogP contribution in [0.3, 0.4) is 0 Å². The molecule has 0 aliphatic carbocycles. The smallest absolute Gasteiger partial charge is 0.307 e. The highest BCUT2D eigenvalue weighted by Crippen LogP contribution is 2.05. The van der Waals surface area contributed by atoms with Gasteiger partial charge in [-0.05, 0) is 32.4 Å². The van der Waals surface area contributed by atoms with Crippen molar-refractivity contribution in [3.63, 3.8) is 0 Å². The maximum Gasteiger partial charge on any atom is 0.307 e.